The van der Waals surface area contributed by atoms with Crippen LogP contribution >= 0.6 is 0 Å². The SMILES string of the molecule is CCOCC1=NCCc2cc(OC)c(OC)cc21. The molecular weight excluding hydrogens is 230 g/mol. The lowest BCUT2D eigenvalue weighted by molar-refractivity contribution is 0.187. The van der Waals surface area contributed by atoms with Crippen LogP contribution in [-0.4, -0.2) is 39.7 Å². The fourth-order valence-corrected chi connectivity index (χ4v) is 2.12. The van der Waals surface area contributed by atoms with Crippen LogP contribution in [0.2, 0.25) is 0 Å². The summed E-state index contributed by atoms with van der Waals surface area (Å²) in [6.45, 7) is 4.05. The largest absolute Gasteiger partial charge is 0.493 e. The maximum Gasteiger partial charge on any atom is 0.161 e. The number of aliphatic imine (C=N–C) groups is 1. The second-order valence-electron chi connectivity index (χ2n) is 4.08. The van der Waals surface area contributed by atoms with Crippen molar-refractivity contribution < 1.29 is 14.2 Å². The van der Waals surface area contributed by atoms with Crippen molar-refractivity contribution in [2.45, 2.75) is 13.3 Å². The molecule has 0 saturated carbocycles. The number of hydrogen-bond donors (Lipinski definition) is 0. The fraction of sp³-hybridized carbons (Fsp3) is 0.500. The summed E-state index contributed by atoms with van der Waals surface area (Å²) in [6.07, 6.45) is 0.936. The van der Waals surface area contributed by atoms with Gasteiger partial charge in [-0.2, -0.15) is 0 Å². The number of methoxy groups -OCH3 is 2. The van der Waals surface area contributed by atoms with Crippen molar-refractivity contribution in [3.05, 3.63) is 23.3 Å². The van der Waals surface area contributed by atoms with Crippen LogP contribution < -0.4 is 9.47 Å². The van der Waals surface area contributed by atoms with Crippen LogP contribution in [0.1, 0.15) is 18.1 Å². The molecule has 0 radical (unpaired) electrons. The van der Waals surface area contributed by atoms with Gasteiger partial charge in [-0.05, 0) is 31.0 Å². The molecule has 0 fully saturated rings. The highest BCUT2D eigenvalue weighted by Crippen LogP contribution is 2.32. The molecule has 0 aromatic heterocycles. The third kappa shape index (κ3) is 2.48. The first-order valence-corrected chi connectivity index (χ1v) is 6.16. The molecule has 1 aliphatic rings. The van der Waals surface area contributed by atoms with Crippen molar-refractivity contribution in [1.82, 2.24) is 0 Å². The maximum absolute atomic E-state index is 5.46. The van der Waals surface area contributed by atoms with Gasteiger partial charge in [0, 0.05) is 18.7 Å². The fourth-order valence-electron chi connectivity index (χ4n) is 2.12. The molecule has 4 nitrogen and oxygen atoms in total. The van der Waals surface area contributed by atoms with Crippen LogP contribution in [-0.2, 0) is 11.2 Å². The standard InChI is InChI=1S/C14H19NO3/c1-4-18-9-12-11-8-14(17-3)13(16-2)7-10(11)5-6-15-12/h7-8H,4-6,9H2,1-3H3. The predicted molar refractivity (Wildman–Crippen MR) is 71.1 cm³/mol. The van der Waals surface area contributed by atoms with Crippen molar-refractivity contribution in [3.8, 4) is 11.5 Å². The molecule has 18 heavy (non-hydrogen) atoms. The molecule has 0 amide bonds. The smallest absolute Gasteiger partial charge is 0.161 e. The van der Waals surface area contributed by atoms with Gasteiger partial charge >= 0.3 is 0 Å². The van der Waals surface area contributed by atoms with Crippen molar-refractivity contribution >= 4 is 5.71 Å². The Morgan fingerprint density at radius 3 is 2.56 bits per heavy atom. The van der Waals surface area contributed by atoms with E-state index in [0.29, 0.717) is 13.2 Å². The van der Waals surface area contributed by atoms with Gasteiger partial charge in [0.2, 0.25) is 0 Å². The van der Waals surface area contributed by atoms with E-state index in [-0.39, 0.29) is 0 Å². The molecule has 0 spiro atoms. The molecule has 98 valence electrons. The first-order chi connectivity index (χ1) is 8.80. The summed E-state index contributed by atoms with van der Waals surface area (Å²) in [5.41, 5.74) is 3.36. The minimum atomic E-state index is 0.555. The molecular formula is C14H19NO3. The van der Waals surface area contributed by atoms with Crippen LogP contribution in [0.15, 0.2) is 17.1 Å². The summed E-state index contributed by atoms with van der Waals surface area (Å²) >= 11 is 0. The highest BCUT2D eigenvalue weighted by molar-refractivity contribution is 6.04. The summed E-state index contributed by atoms with van der Waals surface area (Å²) in [5.74, 6) is 1.51. The van der Waals surface area contributed by atoms with Gasteiger partial charge in [-0.25, -0.2) is 0 Å². The molecule has 4 heteroatoms. The molecule has 0 aliphatic carbocycles. The van der Waals surface area contributed by atoms with Gasteiger partial charge < -0.3 is 14.2 Å². The number of hydrogen-bond acceptors (Lipinski definition) is 4. The number of ether oxygens (including phenoxy) is 3. The molecule has 0 unspecified atom stereocenters. The van der Waals surface area contributed by atoms with E-state index in [1.165, 1.54) is 5.56 Å². The average Bonchev–Trinajstić information content (AvgIpc) is 2.43. The number of fused-ring (bicyclic) bond motifs is 1. The second kappa shape index (κ2) is 5.87. The monoisotopic (exact) mass is 249 g/mol. The number of benzene rings is 1. The van der Waals surface area contributed by atoms with E-state index in [1.807, 2.05) is 19.1 Å². The van der Waals surface area contributed by atoms with Crippen molar-refractivity contribution in [2.24, 2.45) is 4.99 Å². The van der Waals surface area contributed by atoms with E-state index in [9.17, 15) is 0 Å². The lowest BCUT2D eigenvalue weighted by Gasteiger charge is -2.19. The summed E-state index contributed by atoms with van der Waals surface area (Å²) in [6, 6.07) is 4.03. The molecule has 1 aromatic carbocycles. The van der Waals surface area contributed by atoms with Crippen LogP contribution in [0.3, 0.4) is 0 Å². The van der Waals surface area contributed by atoms with Crippen LogP contribution in [0.25, 0.3) is 0 Å². The van der Waals surface area contributed by atoms with E-state index in [0.717, 1.165) is 35.7 Å². The quantitative estimate of drug-likeness (QED) is 0.802. The van der Waals surface area contributed by atoms with Crippen LogP contribution in [0.5, 0.6) is 11.5 Å². The first kappa shape index (κ1) is 12.9. The van der Waals surface area contributed by atoms with Gasteiger partial charge in [-0.1, -0.05) is 0 Å². The Morgan fingerprint density at radius 1 is 1.17 bits per heavy atom. The van der Waals surface area contributed by atoms with E-state index in [2.05, 4.69) is 4.99 Å². The Labute approximate surface area is 108 Å². The average molecular weight is 249 g/mol. The first-order valence-electron chi connectivity index (χ1n) is 6.16. The molecule has 0 N–H and O–H groups in total. The minimum absolute atomic E-state index is 0.555. The van der Waals surface area contributed by atoms with E-state index >= 15 is 0 Å². The van der Waals surface area contributed by atoms with Gasteiger partial charge in [0.05, 0.1) is 26.5 Å². The van der Waals surface area contributed by atoms with Gasteiger partial charge in [0.25, 0.3) is 0 Å². The molecule has 0 bridgehead atoms. The Kier molecular flexibility index (Phi) is 4.20. The van der Waals surface area contributed by atoms with Gasteiger partial charge in [0.15, 0.2) is 11.5 Å². The van der Waals surface area contributed by atoms with E-state index in [1.54, 1.807) is 14.2 Å². The maximum atomic E-state index is 5.46. The number of rotatable bonds is 5. The Hall–Kier alpha value is -1.55. The molecule has 0 saturated heterocycles. The van der Waals surface area contributed by atoms with Crippen LogP contribution in [0.4, 0.5) is 0 Å². The van der Waals surface area contributed by atoms with Gasteiger partial charge in [-0.15, -0.1) is 0 Å². The minimum Gasteiger partial charge on any atom is -0.493 e. The molecule has 0 atom stereocenters. The lowest BCUT2D eigenvalue weighted by atomic mass is 9.97. The Bertz CT molecular complexity index is 455. The predicted octanol–water partition coefficient (Wildman–Crippen LogP) is 2.09. The van der Waals surface area contributed by atoms with E-state index < -0.39 is 0 Å². The Balaban J connectivity index is 2.36. The number of nitrogens with zero attached hydrogens (tertiary/aromatic N) is 1. The van der Waals surface area contributed by atoms with Gasteiger partial charge in [0.1, 0.15) is 0 Å². The second-order valence-corrected chi connectivity index (χ2v) is 4.08. The van der Waals surface area contributed by atoms with Gasteiger partial charge in [-0.3, -0.25) is 4.99 Å². The highest BCUT2D eigenvalue weighted by atomic mass is 16.5. The molecule has 1 aromatic rings. The summed E-state index contributed by atoms with van der Waals surface area (Å²) < 4.78 is 16.1. The summed E-state index contributed by atoms with van der Waals surface area (Å²) in [7, 11) is 3.30. The lowest BCUT2D eigenvalue weighted by Crippen LogP contribution is -2.18. The molecule has 1 heterocycles. The normalized spacial score (nSPS) is 13.8. The van der Waals surface area contributed by atoms with Crippen molar-refractivity contribution in [1.29, 1.82) is 0 Å². The third-order valence-corrected chi connectivity index (χ3v) is 3.05. The van der Waals surface area contributed by atoms with Crippen molar-refractivity contribution in [3.63, 3.8) is 0 Å². The van der Waals surface area contributed by atoms with Crippen LogP contribution in [0, 0.1) is 0 Å². The zero-order valence-corrected chi connectivity index (χ0v) is 11.2. The van der Waals surface area contributed by atoms with E-state index in [4.69, 9.17) is 14.2 Å². The topological polar surface area (TPSA) is 40.0 Å². The summed E-state index contributed by atoms with van der Waals surface area (Å²) in [4.78, 5) is 4.53. The highest BCUT2D eigenvalue weighted by Gasteiger charge is 2.18. The molecule has 2 rings (SSSR count). The Morgan fingerprint density at radius 2 is 1.89 bits per heavy atom. The zero-order chi connectivity index (χ0) is 13.0. The summed E-state index contributed by atoms with van der Waals surface area (Å²) in [5, 5.41) is 0. The molecule has 1 aliphatic heterocycles. The third-order valence-electron chi connectivity index (χ3n) is 3.05. The zero-order valence-electron chi connectivity index (χ0n) is 11.2. The van der Waals surface area contributed by atoms with Crippen molar-refractivity contribution in [2.75, 3.05) is 34.0 Å².